The Bertz CT molecular complexity index is 1960. The molecule has 7 rings (SSSR count). The number of pyridine rings is 1. The number of rotatable bonds is 10. The van der Waals surface area contributed by atoms with E-state index in [9.17, 15) is 4.79 Å². The Labute approximate surface area is 270 Å². The third-order valence-electron chi connectivity index (χ3n) is 8.72. The zero-order valence-corrected chi connectivity index (χ0v) is 27.8. The quantitative estimate of drug-likeness (QED) is 0.124. The van der Waals surface area contributed by atoms with Crippen LogP contribution in [0.2, 0.25) is 25.7 Å². The van der Waals surface area contributed by atoms with E-state index >= 15 is 0 Å². The van der Waals surface area contributed by atoms with E-state index in [4.69, 9.17) is 14.9 Å². The van der Waals surface area contributed by atoms with E-state index in [0.29, 0.717) is 24.5 Å². The molecule has 0 fully saturated rings. The summed E-state index contributed by atoms with van der Waals surface area (Å²) in [4.78, 5) is 19.1. The molecule has 2 aromatic carbocycles. The minimum absolute atomic E-state index is 0.152. The number of allylic oxidation sites excluding steroid dienone is 4. The van der Waals surface area contributed by atoms with Crippen molar-refractivity contribution in [3.63, 3.8) is 0 Å². The maximum Gasteiger partial charge on any atom is 0.280 e. The molecule has 0 unspecified atom stereocenters. The molecule has 0 saturated carbocycles. The van der Waals surface area contributed by atoms with Gasteiger partial charge in [0, 0.05) is 61.8 Å². The fourth-order valence-electron chi connectivity index (χ4n) is 6.30. The summed E-state index contributed by atoms with van der Waals surface area (Å²) in [5.74, 6) is 0.521. The Hall–Kier alpha value is -4.60. The summed E-state index contributed by atoms with van der Waals surface area (Å²) in [7, 11) is -1.17. The van der Waals surface area contributed by atoms with Crippen molar-refractivity contribution in [2.75, 3.05) is 11.9 Å². The summed E-state index contributed by atoms with van der Waals surface area (Å²) in [6, 6.07) is 23.2. The number of carbonyl (C=O) groups excluding carboxylic acids is 1. The lowest BCUT2D eigenvalue weighted by Crippen LogP contribution is -2.27. The van der Waals surface area contributed by atoms with Crippen LogP contribution in [0.5, 0.6) is 0 Å². The molecule has 0 saturated heterocycles. The predicted molar refractivity (Wildman–Crippen MR) is 187 cm³/mol. The summed E-state index contributed by atoms with van der Waals surface area (Å²) >= 11 is 0. The van der Waals surface area contributed by atoms with Crippen molar-refractivity contribution >= 4 is 41.8 Å². The van der Waals surface area contributed by atoms with Crippen LogP contribution in [0.25, 0.3) is 33.3 Å². The van der Waals surface area contributed by atoms with Gasteiger partial charge < -0.3 is 10.1 Å². The van der Waals surface area contributed by atoms with Crippen molar-refractivity contribution in [3.05, 3.63) is 108 Å². The van der Waals surface area contributed by atoms with Crippen LogP contribution in [-0.4, -0.2) is 45.1 Å². The number of carbonyl (C=O) groups is 1. The Morgan fingerprint density at radius 2 is 1.83 bits per heavy atom. The summed E-state index contributed by atoms with van der Waals surface area (Å²) in [5.41, 5.74) is 8.26. The molecule has 1 N–H and O–H groups in total. The van der Waals surface area contributed by atoms with Gasteiger partial charge in [-0.05, 0) is 61.1 Å². The van der Waals surface area contributed by atoms with Crippen LogP contribution in [0.3, 0.4) is 0 Å². The Morgan fingerprint density at radius 1 is 0.957 bits per heavy atom. The molecule has 234 valence electrons. The lowest BCUT2D eigenvalue weighted by Gasteiger charge is -2.23. The van der Waals surface area contributed by atoms with E-state index in [2.05, 4.69) is 48.2 Å². The summed E-state index contributed by atoms with van der Waals surface area (Å²) in [5, 5.41) is 14.3. The Kier molecular flexibility index (Phi) is 8.27. The second-order valence-corrected chi connectivity index (χ2v) is 19.0. The molecule has 0 spiro atoms. The second-order valence-electron chi connectivity index (χ2n) is 13.4. The van der Waals surface area contributed by atoms with E-state index in [1.165, 1.54) is 12.0 Å². The zero-order chi connectivity index (χ0) is 31.7. The topological polar surface area (TPSA) is 86.9 Å². The van der Waals surface area contributed by atoms with E-state index in [1.807, 2.05) is 60.8 Å². The minimum atomic E-state index is -1.17. The fraction of sp³-hybridized carbons (Fsp3) is 0.297. The van der Waals surface area contributed by atoms with Crippen molar-refractivity contribution < 1.29 is 9.53 Å². The lowest BCUT2D eigenvalue weighted by molar-refractivity contribution is 0.0788. The van der Waals surface area contributed by atoms with E-state index in [0.717, 1.165) is 76.6 Å². The largest absolute Gasteiger partial charge is 0.360 e. The molecule has 1 aliphatic carbocycles. The molecule has 46 heavy (non-hydrogen) atoms. The first-order valence-corrected chi connectivity index (χ1v) is 19.9. The monoisotopic (exact) mass is 628 g/mol. The molecule has 5 aromatic rings. The number of benzene rings is 2. The van der Waals surface area contributed by atoms with Gasteiger partial charge in [0.1, 0.15) is 12.4 Å². The summed E-state index contributed by atoms with van der Waals surface area (Å²) in [6.07, 6.45) is 10.9. The third kappa shape index (κ3) is 6.25. The molecule has 0 bridgehead atoms. The van der Waals surface area contributed by atoms with Gasteiger partial charge >= 0.3 is 0 Å². The van der Waals surface area contributed by atoms with Crippen LogP contribution in [0.1, 0.15) is 47.3 Å². The molecule has 8 nitrogen and oxygen atoms in total. The van der Waals surface area contributed by atoms with Crippen LogP contribution < -0.4 is 5.32 Å². The number of nitrogens with one attached hydrogen (secondary N) is 1. The van der Waals surface area contributed by atoms with Crippen LogP contribution in [-0.2, 0) is 17.9 Å². The van der Waals surface area contributed by atoms with Crippen molar-refractivity contribution in [2.45, 2.75) is 64.5 Å². The lowest BCUT2D eigenvalue weighted by atomic mass is 9.88. The number of hydrogen-bond acceptors (Lipinski definition) is 6. The van der Waals surface area contributed by atoms with Crippen molar-refractivity contribution in [2.24, 2.45) is 0 Å². The predicted octanol–water partition coefficient (Wildman–Crippen LogP) is 8.28. The minimum Gasteiger partial charge on any atom is -0.360 e. The number of hydrogen-bond donors (Lipinski definition) is 1. The highest BCUT2D eigenvalue weighted by Crippen LogP contribution is 2.40. The maximum atomic E-state index is 14.6. The van der Waals surface area contributed by atoms with E-state index < -0.39 is 8.07 Å². The van der Waals surface area contributed by atoms with Gasteiger partial charge in [-0.2, -0.15) is 14.9 Å². The van der Waals surface area contributed by atoms with Gasteiger partial charge in [-0.25, -0.2) is 4.68 Å². The Balaban J connectivity index is 1.29. The molecule has 0 radical (unpaired) electrons. The molecule has 9 heteroatoms. The number of anilines is 1. The van der Waals surface area contributed by atoms with Crippen molar-refractivity contribution in [1.29, 1.82) is 0 Å². The number of ether oxygens (including phenoxy) is 1. The smallest absolute Gasteiger partial charge is 0.280 e. The molecule has 0 amide bonds. The van der Waals surface area contributed by atoms with Crippen molar-refractivity contribution in [1.82, 2.24) is 24.5 Å². The molecule has 2 aliphatic rings. The molecule has 4 heterocycles. The average Bonchev–Trinajstić information content (AvgIpc) is 3.68. The van der Waals surface area contributed by atoms with Crippen LogP contribution >= 0.6 is 0 Å². The summed E-state index contributed by atoms with van der Waals surface area (Å²) < 4.78 is 9.38. The highest BCUT2D eigenvalue weighted by atomic mass is 28.3. The van der Waals surface area contributed by atoms with Crippen molar-refractivity contribution in [3.8, 4) is 11.3 Å². The first-order chi connectivity index (χ1) is 22.3. The summed E-state index contributed by atoms with van der Waals surface area (Å²) in [6.45, 7) is 8.16. The maximum absolute atomic E-state index is 14.6. The van der Waals surface area contributed by atoms with Gasteiger partial charge in [-0.1, -0.05) is 68.2 Å². The molecular weight excluding hydrogens is 589 g/mol. The average molecular weight is 629 g/mol. The van der Waals surface area contributed by atoms with Gasteiger partial charge in [-0.3, -0.25) is 9.78 Å². The zero-order valence-electron chi connectivity index (χ0n) is 26.8. The van der Waals surface area contributed by atoms with E-state index in [1.54, 1.807) is 15.6 Å². The van der Waals surface area contributed by atoms with Crippen LogP contribution in [0, 0.1) is 0 Å². The van der Waals surface area contributed by atoms with Crippen LogP contribution in [0.15, 0.2) is 90.9 Å². The molecular formula is C37H40N6O2Si. The normalized spacial score (nSPS) is 15.3. The van der Waals surface area contributed by atoms with Crippen LogP contribution in [0.4, 0.5) is 5.82 Å². The second kappa shape index (κ2) is 12.7. The van der Waals surface area contributed by atoms with E-state index in [-0.39, 0.29) is 5.91 Å². The first-order valence-electron chi connectivity index (χ1n) is 16.2. The Morgan fingerprint density at radius 3 is 2.63 bits per heavy atom. The SMILES string of the molecule is C[Si](C)(C)CCOCn1ccc(NC2=C(c3ccc4ncccc4c3)C(=O)n3nc(-c4ccccc4)c(C4=CCCCC4)c3C2)n1. The number of aromatic nitrogens is 5. The van der Waals surface area contributed by atoms with Gasteiger partial charge in [0.05, 0.1) is 16.8 Å². The fourth-order valence-corrected chi connectivity index (χ4v) is 7.06. The standard InChI is InChI=1S/C37H40N6O2Si/c1-46(2,3)22-21-45-25-42-20-18-33(40-42)39-31-24-32-35(26-11-6-4-7-12-26)36(27-13-8-5-9-14-27)41-43(32)37(44)34(31)29-16-17-30-28(23-29)15-10-19-38-30/h5,8-11,13-20,23H,4,6-7,12,21-22,24-25H2,1-3H3,(H,39,40). The van der Waals surface area contributed by atoms with Gasteiger partial charge in [0.2, 0.25) is 0 Å². The molecule has 3 aromatic heterocycles. The highest BCUT2D eigenvalue weighted by molar-refractivity contribution is 6.76. The van der Waals surface area contributed by atoms with Gasteiger partial charge in [0.15, 0.2) is 5.82 Å². The van der Waals surface area contributed by atoms with Gasteiger partial charge in [-0.15, -0.1) is 0 Å². The molecule has 0 atom stereocenters. The molecule has 1 aliphatic heterocycles. The first kappa shape index (κ1) is 30.1. The number of fused-ring (bicyclic) bond motifs is 2. The number of nitrogens with zero attached hydrogens (tertiary/aromatic N) is 5. The van der Waals surface area contributed by atoms with Gasteiger partial charge in [0.25, 0.3) is 5.91 Å². The highest BCUT2D eigenvalue weighted by Gasteiger charge is 2.34. The third-order valence-corrected chi connectivity index (χ3v) is 10.4.